The molecule has 3 aliphatic rings. The summed E-state index contributed by atoms with van der Waals surface area (Å²) in [6, 6.07) is 16.4. The Morgan fingerprint density at radius 3 is 2.41 bits per heavy atom. The molecule has 1 atom stereocenters. The zero-order chi connectivity index (χ0) is 20.0. The van der Waals surface area contributed by atoms with E-state index in [4.69, 9.17) is 28.2 Å². The van der Waals surface area contributed by atoms with E-state index in [0.717, 1.165) is 45.7 Å². The Hall–Kier alpha value is -1.94. The average Bonchev–Trinajstić information content (AvgIpc) is 3.09. The minimum Gasteiger partial charge on any atom is -0.315 e. The number of rotatable bonds is 2. The van der Waals surface area contributed by atoms with E-state index in [1.54, 1.807) is 11.8 Å². The van der Waals surface area contributed by atoms with Crippen LogP contribution in [0.25, 0.3) is 6.08 Å². The Bertz CT molecular complexity index is 1080. The second-order valence-corrected chi connectivity index (χ2v) is 9.63. The molecule has 5 rings (SSSR count). The number of nitrogens with zero attached hydrogens (tertiary/aromatic N) is 2. The predicted molar refractivity (Wildman–Crippen MR) is 125 cm³/mol. The van der Waals surface area contributed by atoms with Gasteiger partial charge in [-0.2, -0.15) is 0 Å². The maximum absolute atomic E-state index is 6.16. The van der Waals surface area contributed by atoms with E-state index in [0.29, 0.717) is 0 Å². The van der Waals surface area contributed by atoms with Crippen LogP contribution in [0.15, 0.2) is 81.5 Å². The highest BCUT2D eigenvalue weighted by Crippen LogP contribution is 2.48. The van der Waals surface area contributed by atoms with Gasteiger partial charge in [-0.15, -0.1) is 0 Å². The van der Waals surface area contributed by atoms with Crippen LogP contribution >= 0.6 is 35.0 Å². The van der Waals surface area contributed by atoms with Crippen molar-refractivity contribution in [1.29, 1.82) is 0 Å². The van der Waals surface area contributed by atoms with Crippen LogP contribution in [0.2, 0.25) is 10.0 Å². The fourth-order valence-corrected chi connectivity index (χ4v) is 5.34. The van der Waals surface area contributed by atoms with E-state index in [-0.39, 0.29) is 6.04 Å². The van der Waals surface area contributed by atoms with Gasteiger partial charge in [0.25, 0.3) is 0 Å². The molecule has 0 saturated heterocycles. The smallest absolute Gasteiger partial charge is 0.173 e. The highest BCUT2D eigenvalue weighted by atomic mass is 35.5. The Labute approximate surface area is 185 Å². The van der Waals surface area contributed by atoms with Gasteiger partial charge in [-0.25, -0.2) is 4.99 Å². The van der Waals surface area contributed by atoms with Gasteiger partial charge in [0.2, 0.25) is 0 Å². The van der Waals surface area contributed by atoms with Gasteiger partial charge in [0.1, 0.15) is 0 Å². The lowest BCUT2D eigenvalue weighted by Gasteiger charge is -2.37. The van der Waals surface area contributed by atoms with E-state index in [1.807, 2.05) is 24.3 Å². The Kier molecular flexibility index (Phi) is 5.07. The molecule has 2 heterocycles. The predicted octanol–water partition coefficient (Wildman–Crippen LogP) is 7.84. The van der Waals surface area contributed by atoms with E-state index >= 15 is 0 Å². The number of halogens is 2. The molecule has 2 aromatic carbocycles. The van der Waals surface area contributed by atoms with Gasteiger partial charge in [-0.05, 0) is 78.8 Å². The fourth-order valence-electron chi connectivity index (χ4n) is 4.23. The Morgan fingerprint density at radius 2 is 1.69 bits per heavy atom. The molecule has 0 N–H and O–H groups in total. The molecule has 29 heavy (non-hydrogen) atoms. The van der Waals surface area contributed by atoms with Crippen molar-refractivity contribution in [3.63, 3.8) is 0 Å². The second kappa shape index (κ2) is 7.71. The van der Waals surface area contributed by atoms with E-state index in [2.05, 4.69) is 48.4 Å². The minimum atomic E-state index is 0.175. The van der Waals surface area contributed by atoms with Crippen LogP contribution in [-0.4, -0.2) is 10.1 Å². The van der Waals surface area contributed by atoms with E-state index in [1.165, 1.54) is 21.6 Å². The van der Waals surface area contributed by atoms with Gasteiger partial charge in [0.05, 0.1) is 11.7 Å². The standard InChI is InChI=1S/C24H20Cl2N2S/c1-15-14-28-23(17-7-11-20(26)12-8-17)21-4-2-3-18(22(21)27-24(28)29-15)13-16-5-9-19(25)10-6-16/h5-14,23H,2-4H2,1H3/b18-13+. The first-order valence-electron chi connectivity index (χ1n) is 9.77. The summed E-state index contributed by atoms with van der Waals surface area (Å²) in [6.07, 6.45) is 7.73. The van der Waals surface area contributed by atoms with Crippen LogP contribution in [0.5, 0.6) is 0 Å². The molecule has 0 fully saturated rings. The van der Waals surface area contributed by atoms with Crippen molar-refractivity contribution in [2.24, 2.45) is 4.99 Å². The SMILES string of the molecule is CC1=CN2C(=NC3=C(CCC/C3=C\c3ccc(Cl)cc3)C2c2ccc(Cl)cc2)S1. The van der Waals surface area contributed by atoms with E-state index < -0.39 is 0 Å². The molecule has 5 heteroatoms. The van der Waals surface area contributed by atoms with Gasteiger partial charge < -0.3 is 4.90 Å². The fraction of sp³-hybridized carbons (Fsp3) is 0.208. The molecule has 0 spiro atoms. The third-order valence-corrected chi connectivity index (χ3v) is 6.92. The van der Waals surface area contributed by atoms with Crippen LogP contribution in [0, 0.1) is 0 Å². The van der Waals surface area contributed by atoms with Crippen molar-refractivity contribution in [3.8, 4) is 0 Å². The highest BCUT2D eigenvalue weighted by molar-refractivity contribution is 8.17. The molecular weight excluding hydrogens is 419 g/mol. The molecule has 0 radical (unpaired) electrons. The largest absolute Gasteiger partial charge is 0.315 e. The summed E-state index contributed by atoms with van der Waals surface area (Å²) >= 11 is 14.0. The monoisotopic (exact) mass is 438 g/mol. The number of amidine groups is 1. The third-order valence-electron chi connectivity index (χ3n) is 5.51. The zero-order valence-electron chi connectivity index (χ0n) is 16.0. The van der Waals surface area contributed by atoms with Crippen molar-refractivity contribution in [3.05, 3.63) is 97.7 Å². The third kappa shape index (κ3) is 3.68. The molecule has 2 aromatic rings. The molecule has 0 amide bonds. The van der Waals surface area contributed by atoms with Gasteiger partial charge in [0, 0.05) is 21.2 Å². The Balaban J connectivity index is 1.63. The van der Waals surface area contributed by atoms with Crippen molar-refractivity contribution in [2.45, 2.75) is 32.2 Å². The molecule has 1 unspecified atom stereocenters. The number of hydrogen-bond donors (Lipinski definition) is 0. The van der Waals surface area contributed by atoms with Crippen molar-refractivity contribution in [1.82, 2.24) is 4.90 Å². The van der Waals surface area contributed by atoms with Gasteiger partial charge in [-0.1, -0.05) is 59.2 Å². The van der Waals surface area contributed by atoms with Crippen LogP contribution in [0.3, 0.4) is 0 Å². The van der Waals surface area contributed by atoms with Crippen LogP contribution < -0.4 is 0 Å². The van der Waals surface area contributed by atoms with Gasteiger partial charge >= 0.3 is 0 Å². The lowest BCUT2D eigenvalue weighted by Crippen LogP contribution is -2.32. The molecule has 146 valence electrons. The number of benzene rings is 2. The topological polar surface area (TPSA) is 15.6 Å². The summed E-state index contributed by atoms with van der Waals surface area (Å²) in [5, 5.41) is 2.59. The second-order valence-electron chi connectivity index (χ2n) is 7.55. The lowest BCUT2D eigenvalue weighted by atomic mass is 9.83. The lowest BCUT2D eigenvalue weighted by molar-refractivity contribution is 0.439. The number of aliphatic imine (C=N–C) groups is 1. The van der Waals surface area contributed by atoms with Crippen LogP contribution in [-0.2, 0) is 0 Å². The number of allylic oxidation sites excluding steroid dienone is 2. The molecule has 0 bridgehead atoms. The Morgan fingerprint density at radius 1 is 1.00 bits per heavy atom. The highest BCUT2D eigenvalue weighted by Gasteiger charge is 2.37. The number of hydrogen-bond acceptors (Lipinski definition) is 3. The van der Waals surface area contributed by atoms with Crippen molar-refractivity contribution < 1.29 is 0 Å². The summed E-state index contributed by atoms with van der Waals surface area (Å²) < 4.78 is 0. The molecule has 2 aliphatic heterocycles. The van der Waals surface area contributed by atoms with Crippen molar-refractivity contribution in [2.75, 3.05) is 0 Å². The normalized spacial score (nSPS) is 22.4. The first kappa shape index (κ1) is 19.0. The van der Waals surface area contributed by atoms with E-state index in [9.17, 15) is 0 Å². The summed E-state index contributed by atoms with van der Waals surface area (Å²) in [5.74, 6) is 0. The summed E-state index contributed by atoms with van der Waals surface area (Å²) in [5.41, 5.74) is 6.29. The summed E-state index contributed by atoms with van der Waals surface area (Å²) in [4.78, 5) is 8.71. The van der Waals surface area contributed by atoms with Crippen LogP contribution in [0.1, 0.15) is 43.4 Å². The first-order valence-corrected chi connectivity index (χ1v) is 11.3. The molecular formula is C24H20Cl2N2S. The van der Waals surface area contributed by atoms with Gasteiger partial charge in [-0.3, -0.25) is 0 Å². The maximum atomic E-state index is 6.16. The van der Waals surface area contributed by atoms with Gasteiger partial charge in [0.15, 0.2) is 5.17 Å². The summed E-state index contributed by atoms with van der Waals surface area (Å²) in [7, 11) is 0. The zero-order valence-corrected chi connectivity index (χ0v) is 18.4. The minimum absolute atomic E-state index is 0.175. The summed E-state index contributed by atoms with van der Waals surface area (Å²) in [6.45, 7) is 2.15. The van der Waals surface area contributed by atoms with Crippen LogP contribution in [0.4, 0.5) is 0 Å². The number of fused-ring (bicyclic) bond motifs is 1. The molecule has 0 aromatic heterocycles. The first-order chi connectivity index (χ1) is 14.1. The maximum Gasteiger partial charge on any atom is 0.173 e. The molecule has 1 aliphatic carbocycles. The quantitative estimate of drug-likeness (QED) is 0.474. The molecule has 2 nitrogen and oxygen atoms in total. The average molecular weight is 439 g/mol. The van der Waals surface area contributed by atoms with Crippen molar-refractivity contribution >= 4 is 46.2 Å². The number of thioether (sulfide) groups is 1. The molecule has 0 saturated carbocycles.